The molecule has 2 heterocycles. The number of methoxy groups -OCH3 is 2. The number of anilines is 1. The number of benzene rings is 1. The van der Waals surface area contributed by atoms with Crippen LogP contribution in [0, 0.1) is 0 Å². The van der Waals surface area contributed by atoms with Gasteiger partial charge in [-0.15, -0.1) is 11.3 Å². The van der Waals surface area contributed by atoms with E-state index in [0.717, 1.165) is 0 Å². The predicted octanol–water partition coefficient (Wildman–Crippen LogP) is 2.55. The second-order valence-electron chi connectivity index (χ2n) is 6.36. The molecule has 1 saturated heterocycles. The molecule has 8 nitrogen and oxygen atoms in total. The molecule has 1 N–H and O–H groups in total. The Hall–Kier alpha value is -3.07. The molecule has 1 fully saturated rings. The van der Waals surface area contributed by atoms with E-state index in [1.165, 1.54) is 30.5 Å². The van der Waals surface area contributed by atoms with E-state index in [-0.39, 0.29) is 5.91 Å². The number of ether oxygens (including phenoxy) is 3. The van der Waals surface area contributed by atoms with Crippen LogP contribution in [0.3, 0.4) is 0 Å². The maximum absolute atomic E-state index is 12.6. The van der Waals surface area contributed by atoms with Crippen molar-refractivity contribution in [2.45, 2.75) is 18.9 Å². The van der Waals surface area contributed by atoms with Gasteiger partial charge in [-0.1, -0.05) is 6.07 Å². The number of nitrogens with one attached hydrogen (secondary N) is 1. The smallest absolute Gasteiger partial charge is 0.329 e. The van der Waals surface area contributed by atoms with Crippen LogP contribution in [0.2, 0.25) is 0 Å². The first-order valence-electron chi connectivity index (χ1n) is 9.06. The average Bonchev–Trinajstić information content (AvgIpc) is 3.43. The van der Waals surface area contributed by atoms with Gasteiger partial charge in [-0.3, -0.25) is 9.59 Å². The lowest BCUT2D eigenvalue weighted by Crippen LogP contribution is -2.41. The van der Waals surface area contributed by atoms with E-state index < -0.39 is 24.5 Å². The summed E-state index contributed by atoms with van der Waals surface area (Å²) in [4.78, 5) is 39.4. The molecular weight excluding hydrogens is 396 g/mol. The van der Waals surface area contributed by atoms with Crippen molar-refractivity contribution in [1.29, 1.82) is 0 Å². The molecule has 1 unspecified atom stereocenters. The monoisotopic (exact) mass is 418 g/mol. The molecule has 1 atom stereocenters. The third-order valence-corrected chi connectivity index (χ3v) is 5.40. The van der Waals surface area contributed by atoms with Crippen molar-refractivity contribution in [3.63, 3.8) is 0 Å². The summed E-state index contributed by atoms with van der Waals surface area (Å²) >= 11 is 1.33. The second kappa shape index (κ2) is 9.42. The van der Waals surface area contributed by atoms with Gasteiger partial charge < -0.3 is 24.4 Å². The summed E-state index contributed by atoms with van der Waals surface area (Å²) in [5.74, 6) is -0.287. The van der Waals surface area contributed by atoms with Crippen molar-refractivity contribution in [2.75, 3.05) is 32.7 Å². The van der Waals surface area contributed by atoms with Gasteiger partial charge in [0.1, 0.15) is 17.5 Å². The summed E-state index contributed by atoms with van der Waals surface area (Å²) < 4.78 is 15.5. The van der Waals surface area contributed by atoms with Gasteiger partial charge in [-0.2, -0.15) is 0 Å². The molecule has 2 amide bonds. The number of thiophene rings is 1. The molecule has 2 aromatic rings. The van der Waals surface area contributed by atoms with Crippen LogP contribution < -0.4 is 14.8 Å². The third-order valence-electron chi connectivity index (χ3n) is 4.54. The van der Waals surface area contributed by atoms with Crippen LogP contribution >= 0.6 is 11.3 Å². The molecule has 0 radical (unpaired) electrons. The number of nitrogens with zero attached hydrogens (tertiary/aromatic N) is 1. The normalized spacial score (nSPS) is 15.7. The highest BCUT2D eigenvalue weighted by Gasteiger charge is 2.36. The fourth-order valence-electron chi connectivity index (χ4n) is 3.13. The Morgan fingerprint density at radius 1 is 1.21 bits per heavy atom. The van der Waals surface area contributed by atoms with E-state index in [0.29, 0.717) is 41.4 Å². The molecule has 1 aliphatic rings. The molecule has 0 bridgehead atoms. The Morgan fingerprint density at radius 2 is 2.03 bits per heavy atom. The van der Waals surface area contributed by atoms with Crippen LogP contribution in [0.25, 0.3) is 0 Å². The van der Waals surface area contributed by atoms with Crippen LogP contribution in [0.1, 0.15) is 22.5 Å². The molecule has 3 rings (SSSR count). The zero-order valence-electron chi connectivity index (χ0n) is 16.2. The van der Waals surface area contributed by atoms with Crippen molar-refractivity contribution in [3.05, 3.63) is 40.6 Å². The molecule has 9 heteroatoms. The number of esters is 1. The number of carbonyl (C=O) groups excluding carboxylic acids is 3. The summed E-state index contributed by atoms with van der Waals surface area (Å²) in [6.07, 6.45) is 1.23. The minimum atomic E-state index is -0.677. The topological polar surface area (TPSA) is 94.2 Å². The van der Waals surface area contributed by atoms with Gasteiger partial charge in [-0.25, -0.2) is 4.79 Å². The number of hydrogen-bond donors (Lipinski definition) is 1. The van der Waals surface area contributed by atoms with Crippen LogP contribution in [0.4, 0.5) is 5.69 Å². The number of rotatable bonds is 7. The summed E-state index contributed by atoms with van der Waals surface area (Å²) in [5.41, 5.74) is 0.406. The van der Waals surface area contributed by atoms with Crippen molar-refractivity contribution >= 4 is 34.8 Å². The average molecular weight is 418 g/mol. The van der Waals surface area contributed by atoms with Crippen LogP contribution in [0.5, 0.6) is 11.5 Å². The van der Waals surface area contributed by atoms with Crippen molar-refractivity contribution < 1.29 is 28.6 Å². The maximum Gasteiger partial charge on any atom is 0.329 e. The lowest BCUT2D eigenvalue weighted by Gasteiger charge is -2.22. The van der Waals surface area contributed by atoms with E-state index >= 15 is 0 Å². The van der Waals surface area contributed by atoms with E-state index in [1.807, 2.05) is 5.38 Å². The summed E-state index contributed by atoms with van der Waals surface area (Å²) in [5, 5.41) is 4.45. The van der Waals surface area contributed by atoms with Gasteiger partial charge in [0, 0.05) is 12.6 Å². The SMILES string of the molecule is COc1ccc(OC)c(NC(=O)COC(=O)C2CCCN2C(=O)c2cccs2)c1. The van der Waals surface area contributed by atoms with Gasteiger partial charge >= 0.3 is 5.97 Å². The van der Waals surface area contributed by atoms with Gasteiger partial charge in [0.25, 0.3) is 11.8 Å². The summed E-state index contributed by atoms with van der Waals surface area (Å²) in [7, 11) is 3.00. The molecule has 154 valence electrons. The standard InChI is InChI=1S/C20H22N2O6S/c1-26-13-7-8-16(27-2)14(11-13)21-18(23)12-28-20(25)15-5-3-9-22(15)19(24)17-6-4-10-29-17/h4,6-8,10-11,15H,3,5,9,12H2,1-2H3,(H,21,23). The second-order valence-corrected chi connectivity index (χ2v) is 7.30. The first-order chi connectivity index (χ1) is 14.0. The van der Waals surface area contributed by atoms with Gasteiger partial charge in [-0.05, 0) is 36.4 Å². The largest absolute Gasteiger partial charge is 0.497 e. The molecule has 1 aromatic heterocycles. The molecule has 29 heavy (non-hydrogen) atoms. The number of likely N-dealkylation sites (tertiary alicyclic amines) is 1. The number of carbonyl (C=O) groups is 3. The zero-order chi connectivity index (χ0) is 20.8. The van der Waals surface area contributed by atoms with Gasteiger partial charge in [0.05, 0.1) is 24.8 Å². The first kappa shape index (κ1) is 20.7. The van der Waals surface area contributed by atoms with E-state index in [2.05, 4.69) is 5.32 Å². The summed E-state index contributed by atoms with van der Waals surface area (Å²) in [6.45, 7) is 0.0282. The fourth-order valence-corrected chi connectivity index (χ4v) is 3.81. The minimum absolute atomic E-state index is 0.190. The van der Waals surface area contributed by atoms with E-state index in [4.69, 9.17) is 14.2 Å². The van der Waals surface area contributed by atoms with E-state index in [9.17, 15) is 14.4 Å². The fraction of sp³-hybridized carbons (Fsp3) is 0.350. The maximum atomic E-state index is 12.6. The molecule has 1 aliphatic heterocycles. The Balaban J connectivity index is 1.57. The zero-order valence-corrected chi connectivity index (χ0v) is 17.0. The van der Waals surface area contributed by atoms with Crippen molar-refractivity contribution in [2.24, 2.45) is 0 Å². The highest BCUT2D eigenvalue weighted by molar-refractivity contribution is 7.12. The van der Waals surface area contributed by atoms with Crippen molar-refractivity contribution in [1.82, 2.24) is 4.90 Å². The molecule has 0 saturated carbocycles. The van der Waals surface area contributed by atoms with Gasteiger partial charge in [0.2, 0.25) is 0 Å². The molecule has 1 aromatic carbocycles. The number of hydrogen-bond acceptors (Lipinski definition) is 7. The predicted molar refractivity (Wildman–Crippen MR) is 108 cm³/mol. The van der Waals surface area contributed by atoms with Crippen LogP contribution in [-0.4, -0.2) is 56.1 Å². The Bertz CT molecular complexity index is 883. The molecular formula is C20H22N2O6S. The van der Waals surface area contributed by atoms with Crippen LogP contribution in [-0.2, 0) is 14.3 Å². The molecule has 0 aliphatic carbocycles. The van der Waals surface area contributed by atoms with E-state index in [1.54, 1.807) is 30.3 Å². The highest BCUT2D eigenvalue weighted by atomic mass is 32.1. The van der Waals surface area contributed by atoms with Gasteiger partial charge in [0.15, 0.2) is 6.61 Å². The summed E-state index contributed by atoms with van der Waals surface area (Å²) in [6, 6.07) is 7.81. The minimum Gasteiger partial charge on any atom is -0.497 e. The highest BCUT2D eigenvalue weighted by Crippen LogP contribution is 2.29. The first-order valence-corrected chi connectivity index (χ1v) is 9.94. The lowest BCUT2D eigenvalue weighted by molar-refractivity contribution is -0.151. The van der Waals surface area contributed by atoms with Crippen LogP contribution in [0.15, 0.2) is 35.7 Å². The Kier molecular flexibility index (Phi) is 6.71. The Labute approximate surface area is 172 Å². The third kappa shape index (κ3) is 4.86. The number of amides is 2. The lowest BCUT2D eigenvalue weighted by atomic mass is 10.2. The Morgan fingerprint density at radius 3 is 2.72 bits per heavy atom. The molecule has 0 spiro atoms. The quantitative estimate of drug-likeness (QED) is 0.695. The van der Waals surface area contributed by atoms with Crippen molar-refractivity contribution in [3.8, 4) is 11.5 Å².